The number of nitrogens with zero attached hydrogens (tertiary/aromatic N) is 4. The van der Waals surface area contributed by atoms with Crippen molar-refractivity contribution in [1.82, 2.24) is 23.4 Å². The third-order valence-electron chi connectivity index (χ3n) is 11.8. The van der Waals surface area contributed by atoms with Crippen LogP contribution in [0, 0.1) is 5.41 Å². The van der Waals surface area contributed by atoms with Gasteiger partial charge in [-0.25, -0.2) is 8.51 Å². The third-order valence-corrected chi connectivity index (χ3v) is 12.8. The maximum Gasteiger partial charge on any atom is 0.264 e. The molecule has 2 amide bonds. The third kappa shape index (κ3) is 5.67. The number of rotatable bonds is 9. The van der Waals surface area contributed by atoms with Gasteiger partial charge in [0.1, 0.15) is 5.75 Å². The van der Waals surface area contributed by atoms with Gasteiger partial charge in [-0.3, -0.25) is 19.2 Å². The Bertz CT molecular complexity index is 1730. The minimum absolute atomic E-state index is 0.107. The Labute approximate surface area is 287 Å². The molecule has 9 nitrogen and oxygen atoms in total. The second-order valence-electron chi connectivity index (χ2n) is 14.6. The summed E-state index contributed by atoms with van der Waals surface area (Å²) >= 11 is -1.63. The molecule has 1 saturated heterocycles. The van der Waals surface area contributed by atoms with E-state index in [1.807, 2.05) is 12.1 Å². The number of carbonyl (C=O) groups excluding carboxylic acids is 2. The molecule has 7 rings (SSSR count). The zero-order chi connectivity index (χ0) is 33.7. The Morgan fingerprint density at radius 1 is 1.02 bits per heavy atom. The molecule has 3 heterocycles. The zero-order valence-corrected chi connectivity index (χ0v) is 30.0. The summed E-state index contributed by atoms with van der Waals surface area (Å²) in [5.41, 5.74) is 5.83. The van der Waals surface area contributed by atoms with Gasteiger partial charge in [0.15, 0.2) is 11.2 Å². The fraction of sp³-hybridized carbons (Fsp3) is 0.579. The first kappa shape index (κ1) is 33.3. The summed E-state index contributed by atoms with van der Waals surface area (Å²) in [6, 6.07) is 12.9. The van der Waals surface area contributed by atoms with Crippen LogP contribution in [0.1, 0.15) is 98.5 Å². The van der Waals surface area contributed by atoms with Gasteiger partial charge in [0.2, 0.25) is 5.91 Å². The van der Waals surface area contributed by atoms with Crippen LogP contribution in [-0.4, -0.2) is 88.1 Å². The zero-order valence-electron chi connectivity index (χ0n) is 29.2. The maximum absolute atomic E-state index is 14.8. The smallest absolute Gasteiger partial charge is 0.264 e. The minimum atomic E-state index is -1.63. The van der Waals surface area contributed by atoms with Crippen LogP contribution in [0.15, 0.2) is 36.4 Å². The van der Waals surface area contributed by atoms with E-state index < -0.39 is 16.6 Å². The van der Waals surface area contributed by atoms with E-state index in [0.29, 0.717) is 24.1 Å². The topological polar surface area (TPSA) is 87.1 Å². The van der Waals surface area contributed by atoms with Crippen molar-refractivity contribution in [3.63, 3.8) is 0 Å². The van der Waals surface area contributed by atoms with Crippen molar-refractivity contribution in [2.45, 2.75) is 89.6 Å². The molecular weight excluding hydrogens is 623 g/mol. The lowest BCUT2D eigenvalue weighted by molar-refractivity contribution is -0.140. The van der Waals surface area contributed by atoms with E-state index in [-0.39, 0.29) is 17.7 Å². The van der Waals surface area contributed by atoms with Gasteiger partial charge in [0.25, 0.3) is 5.91 Å². The van der Waals surface area contributed by atoms with Crippen LogP contribution in [0.5, 0.6) is 5.75 Å². The van der Waals surface area contributed by atoms with Gasteiger partial charge >= 0.3 is 0 Å². The molecule has 0 spiro atoms. The van der Waals surface area contributed by atoms with E-state index in [1.54, 1.807) is 21.2 Å². The molecule has 3 unspecified atom stereocenters. The van der Waals surface area contributed by atoms with Crippen molar-refractivity contribution >= 4 is 33.9 Å². The number of methoxy groups -OCH3 is 1. The number of piperazine rings is 1. The fourth-order valence-corrected chi connectivity index (χ4v) is 9.52. The monoisotopic (exact) mass is 673 g/mol. The molecule has 0 bridgehead atoms. The first-order valence-corrected chi connectivity index (χ1v) is 19.1. The molecule has 48 heavy (non-hydrogen) atoms. The van der Waals surface area contributed by atoms with Crippen LogP contribution in [0.2, 0.25) is 0 Å². The highest BCUT2D eigenvalue weighted by Crippen LogP contribution is 2.66. The number of hydrogen-bond donors (Lipinski definition) is 1. The van der Waals surface area contributed by atoms with E-state index in [0.717, 1.165) is 74.9 Å². The van der Waals surface area contributed by atoms with E-state index in [4.69, 9.17) is 4.74 Å². The van der Waals surface area contributed by atoms with Gasteiger partial charge in [-0.05, 0) is 79.5 Å². The highest BCUT2D eigenvalue weighted by Gasteiger charge is 2.64. The molecule has 4 aliphatic rings. The van der Waals surface area contributed by atoms with Gasteiger partial charge < -0.3 is 14.2 Å². The van der Waals surface area contributed by atoms with Crippen molar-refractivity contribution in [2.24, 2.45) is 5.41 Å². The number of amides is 2. The summed E-state index contributed by atoms with van der Waals surface area (Å²) in [7, 11) is 5.05. The lowest BCUT2D eigenvalue weighted by Crippen LogP contribution is -2.53. The molecule has 1 N–H and O–H groups in total. The molecule has 2 aliphatic heterocycles. The number of benzene rings is 2. The SMILES string of the molecule is CCC(CC)N1CCN(C(=O)C23CC2c2cc(OC)ccc2-c2c(C4CCCCC4)c4ccc(C(=O)NS(=O)N(C)C)cc4n2C3)CC1. The first-order chi connectivity index (χ1) is 23.2. The van der Waals surface area contributed by atoms with Crippen LogP contribution in [0.3, 0.4) is 0 Å². The van der Waals surface area contributed by atoms with E-state index in [9.17, 15) is 13.8 Å². The van der Waals surface area contributed by atoms with E-state index >= 15 is 0 Å². The van der Waals surface area contributed by atoms with Crippen LogP contribution in [0.25, 0.3) is 22.2 Å². The number of aromatic nitrogens is 1. The lowest BCUT2D eigenvalue weighted by Gasteiger charge is -2.40. The largest absolute Gasteiger partial charge is 0.497 e. The van der Waals surface area contributed by atoms with Crippen LogP contribution in [-0.2, 0) is 22.5 Å². The summed E-state index contributed by atoms with van der Waals surface area (Å²) in [6.45, 7) is 8.44. The van der Waals surface area contributed by atoms with Crippen LogP contribution in [0.4, 0.5) is 0 Å². The van der Waals surface area contributed by atoms with E-state index in [1.165, 1.54) is 46.0 Å². The van der Waals surface area contributed by atoms with Gasteiger partial charge in [-0.15, -0.1) is 0 Å². The molecule has 2 aromatic carbocycles. The molecule has 1 aromatic heterocycles. The number of fused-ring (bicyclic) bond motifs is 7. The molecule has 258 valence electrons. The Morgan fingerprint density at radius 3 is 2.42 bits per heavy atom. The fourth-order valence-electron chi connectivity index (χ4n) is 9.06. The lowest BCUT2D eigenvalue weighted by atomic mass is 9.81. The van der Waals surface area contributed by atoms with Crippen molar-refractivity contribution < 1.29 is 18.5 Å². The summed E-state index contributed by atoms with van der Waals surface area (Å²) in [4.78, 5) is 32.9. The van der Waals surface area contributed by atoms with Crippen molar-refractivity contribution in [2.75, 3.05) is 47.4 Å². The number of ether oxygens (including phenoxy) is 1. The summed E-state index contributed by atoms with van der Waals surface area (Å²) in [5.74, 6) is 1.22. The second-order valence-corrected chi connectivity index (χ2v) is 16.0. The molecule has 3 atom stereocenters. The van der Waals surface area contributed by atoms with Gasteiger partial charge in [-0.1, -0.05) is 39.2 Å². The number of hydrogen-bond acceptors (Lipinski definition) is 5. The summed E-state index contributed by atoms with van der Waals surface area (Å²) in [5, 5.41) is 1.16. The molecular formula is C38H51N5O4S. The Hall–Kier alpha value is -3.21. The molecule has 2 aliphatic carbocycles. The summed E-state index contributed by atoms with van der Waals surface area (Å²) < 4.78 is 24.8. The quantitative estimate of drug-likeness (QED) is 0.299. The Morgan fingerprint density at radius 2 is 1.75 bits per heavy atom. The van der Waals surface area contributed by atoms with Crippen molar-refractivity contribution in [1.29, 1.82) is 0 Å². The van der Waals surface area contributed by atoms with E-state index in [2.05, 4.69) is 57.2 Å². The minimum Gasteiger partial charge on any atom is -0.497 e. The first-order valence-electron chi connectivity index (χ1n) is 18.0. The number of carbonyl (C=O) groups is 2. The second kappa shape index (κ2) is 13.2. The van der Waals surface area contributed by atoms with Crippen LogP contribution < -0.4 is 9.46 Å². The normalized spacial score (nSPS) is 23.4. The van der Waals surface area contributed by atoms with Gasteiger partial charge in [-0.2, -0.15) is 0 Å². The Kier molecular flexibility index (Phi) is 9.19. The molecule has 3 aromatic rings. The van der Waals surface area contributed by atoms with Crippen molar-refractivity contribution in [3.8, 4) is 17.0 Å². The predicted molar refractivity (Wildman–Crippen MR) is 191 cm³/mol. The van der Waals surface area contributed by atoms with Crippen molar-refractivity contribution in [3.05, 3.63) is 53.1 Å². The Balaban J connectivity index is 1.35. The summed E-state index contributed by atoms with van der Waals surface area (Å²) in [6.07, 6.45) is 9.01. The van der Waals surface area contributed by atoms with Gasteiger partial charge in [0.05, 0.1) is 18.2 Å². The molecule has 2 saturated carbocycles. The van der Waals surface area contributed by atoms with Gasteiger partial charge in [0, 0.05) is 80.8 Å². The number of nitrogens with one attached hydrogen (secondary N) is 1. The highest BCUT2D eigenvalue weighted by molar-refractivity contribution is 7.81. The average molecular weight is 674 g/mol. The molecule has 3 fully saturated rings. The molecule has 0 radical (unpaired) electrons. The highest BCUT2D eigenvalue weighted by atomic mass is 32.2. The standard InChI is InChI=1S/C38H51N5O4S/c1-6-27(7-2)41-17-19-42(20-18-41)37(45)38-23-32(38)31-22-28(47-5)14-16-29(31)35-34(25-11-9-8-10-12-25)30-15-13-26(21-33(30)43(35)24-38)36(44)39-48(46)40(3)4/h13-16,21-22,25,27,32H,6-12,17-20,23-24H2,1-5H3,(H,39,44). The average Bonchev–Trinajstić information content (AvgIpc) is 3.78. The molecule has 10 heteroatoms. The van der Waals surface area contributed by atoms with Crippen LogP contribution >= 0.6 is 0 Å². The predicted octanol–water partition coefficient (Wildman–Crippen LogP) is 6.05. The maximum atomic E-state index is 14.8.